The van der Waals surface area contributed by atoms with E-state index in [1.165, 1.54) is 5.56 Å². The van der Waals surface area contributed by atoms with Gasteiger partial charge in [-0.3, -0.25) is 9.00 Å². The second-order valence-electron chi connectivity index (χ2n) is 4.69. The highest BCUT2D eigenvalue weighted by atomic mass is 32.2. The highest BCUT2D eigenvalue weighted by molar-refractivity contribution is 7.84. The summed E-state index contributed by atoms with van der Waals surface area (Å²) in [5, 5.41) is 8.70. The smallest absolute Gasteiger partial charge is 0.307 e. The van der Waals surface area contributed by atoms with Crippen molar-refractivity contribution in [2.24, 2.45) is 0 Å². The molecule has 0 saturated carbocycles. The van der Waals surface area contributed by atoms with E-state index in [1.54, 1.807) is 24.3 Å². The molecule has 2 aromatic rings. The van der Waals surface area contributed by atoms with E-state index in [2.05, 4.69) is 0 Å². The lowest BCUT2D eigenvalue weighted by molar-refractivity contribution is -0.136. The molecule has 0 aliphatic carbocycles. The first-order chi connectivity index (χ1) is 9.54. The summed E-state index contributed by atoms with van der Waals surface area (Å²) in [6.45, 7) is 2.02. The first kappa shape index (κ1) is 14.5. The molecule has 2 rings (SSSR count). The molecule has 104 valence electrons. The summed E-state index contributed by atoms with van der Waals surface area (Å²) in [5.74, 6) is -0.392. The van der Waals surface area contributed by atoms with Crippen LogP contribution in [0, 0.1) is 6.92 Å². The third-order valence-corrected chi connectivity index (χ3v) is 4.35. The summed E-state index contributed by atoms with van der Waals surface area (Å²) in [6.07, 6.45) is -0.00905. The Kier molecular flexibility index (Phi) is 4.69. The molecule has 0 aliphatic heterocycles. The Morgan fingerprint density at radius 3 is 2.10 bits per heavy atom. The normalized spacial score (nSPS) is 12.1. The number of hydrogen-bond donors (Lipinski definition) is 1. The number of rotatable bonds is 5. The van der Waals surface area contributed by atoms with Crippen LogP contribution in [0.3, 0.4) is 0 Å². The zero-order valence-corrected chi connectivity index (χ0v) is 12.0. The average Bonchev–Trinajstić information content (AvgIpc) is 2.41. The average molecular weight is 288 g/mol. The molecule has 0 saturated heterocycles. The summed E-state index contributed by atoms with van der Waals surface area (Å²) >= 11 is 0. The van der Waals surface area contributed by atoms with Gasteiger partial charge in [0.25, 0.3) is 0 Å². The van der Waals surface area contributed by atoms with Crippen LogP contribution in [0.2, 0.25) is 0 Å². The van der Waals surface area contributed by atoms with Gasteiger partial charge in [0.1, 0.15) is 0 Å². The molecule has 0 aliphatic rings. The molecule has 0 amide bonds. The summed E-state index contributed by atoms with van der Waals surface area (Å²) in [5.41, 5.74) is 2.93. The van der Waals surface area contributed by atoms with Gasteiger partial charge in [-0.25, -0.2) is 0 Å². The zero-order chi connectivity index (χ0) is 14.5. The molecule has 20 heavy (non-hydrogen) atoms. The summed E-state index contributed by atoms with van der Waals surface area (Å²) in [6, 6.07) is 14.9. The molecular weight excluding hydrogens is 272 g/mol. The maximum absolute atomic E-state index is 12.2. The van der Waals surface area contributed by atoms with Crippen molar-refractivity contribution in [3.8, 4) is 0 Å². The number of aryl methyl sites for hydroxylation is 1. The van der Waals surface area contributed by atoms with E-state index in [0.717, 1.165) is 10.5 Å². The maximum Gasteiger partial charge on any atom is 0.307 e. The van der Waals surface area contributed by atoms with Gasteiger partial charge < -0.3 is 5.11 Å². The van der Waals surface area contributed by atoms with E-state index in [4.69, 9.17) is 5.11 Å². The standard InChI is InChI=1S/C16H16O3S/c1-12-2-4-14(5-3-12)11-20(19)15-8-6-13(7-9-15)10-16(17)18/h2-9H,10-11H2,1H3,(H,17,18). The lowest BCUT2D eigenvalue weighted by Crippen LogP contribution is -2.01. The lowest BCUT2D eigenvalue weighted by atomic mass is 10.2. The van der Waals surface area contributed by atoms with Crippen molar-refractivity contribution in [2.75, 3.05) is 0 Å². The van der Waals surface area contributed by atoms with E-state index < -0.39 is 16.8 Å². The molecule has 1 N–H and O–H groups in total. The topological polar surface area (TPSA) is 54.4 Å². The van der Waals surface area contributed by atoms with Crippen LogP contribution in [0.15, 0.2) is 53.4 Å². The largest absolute Gasteiger partial charge is 0.481 e. The van der Waals surface area contributed by atoms with Gasteiger partial charge in [0.2, 0.25) is 0 Å². The molecular formula is C16H16O3S. The Morgan fingerprint density at radius 2 is 1.55 bits per heavy atom. The Morgan fingerprint density at radius 1 is 1.00 bits per heavy atom. The summed E-state index contributed by atoms with van der Waals surface area (Å²) in [4.78, 5) is 11.3. The Balaban J connectivity index is 2.05. The number of hydrogen-bond acceptors (Lipinski definition) is 2. The zero-order valence-electron chi connectivity index (χ0n) is 11.2. The van der Waals surface area contributed by atoms with Gasteiger partial charge in [-0.2, -0.15) is 0 Å². The Bertz CT molecular complexity index is 615. The third-order valence-electron chi connectivity index (χ3n) is 2.96. The van der Waals surface area contributed by atoms with Crippen molar-refractivity contribution < 1.29 is 14.1 Å². The van der Waals surface area contributed by atoms with Crippen molar-refractivity contribution in [3.05, 3.63) is 65.2 Å². The number of carbonyl (C=O) groups is 1. The molecule has 0 spiro atoms. The van der Waals surface area contributed by atoms with E-state index in [1.807, 2.05) is 31.2 Å². The molecule has 0 heterocycles. The minimum Gasteiger partial charge on any atom is -0.481 e. The van der Waals surface area contributed by atoms with Crippen LogP contribution in [0.1, 0.15) is 16.7 Å². The van der Waals surface area contributed by atoms with E-state index in [0.29, 0.717) is 11.3 Å². The molecule has 0 radical (unpaired) electrons. The predicted molar refractivity (Wildman–Crippen MR) is 79.1 cm³/mol. The Hall–Kier alpha value is -1.94. The van der Waals surface area contributed by atoms with Gasteiger partial charge in [0, 0.05) is 4.90 Å². The van der Waals surface area contributed by atoms with E-state index in [9.17, 15) is 9.00 Å². The molecule has 0 aromatic heterocycles. The summed E-state index contributed by atoms with van der Waals surface area (Å²) < 4.78 is 12.2. The first-order valence-corrected chi connectivity index (χ1v) is 7.61. The van der Waals surface area contributed by atoms with E-state index in [-0.39, 0.29) is 6.42 Å². The van der Waals surface area contributed by atoms with Crippen LogP contribution >= 0.6 is 0 Å². The molecule has 2 aromatic carbocycles. The van der Waals surface area contributed by atoms with Gasteiger partial charge >= 0.3 is 5.97 Å². The first-order valence-electron chi connectivity index (χ1n) is 6.29. The fourth-order valence-corrected chi connectivity index (χ4v) is 2.95. The van der Waals surface area contributed by atoms with Gasteiger partial charge in [-0.05, 0) is 30.2 Å². The number of benzene rings is 2. The quantitative estimate of drug-likeness (QED) is 0.920. The van der Waals surface area contributed by atoms with Gasteiger partial charge in [0.15, 0.2) is 0 Å². The van der Waals surface area contributed by atoms with Crippen LogP contribution in [0.5, 0.6) is 0 Å². The molecule has 1 atom stereocenters. The molecule has 0 bridgehead atoms. The second-order valence-corrected chi connectivity index (χ2v) is 6.14. The van der Waals surface area contributed by atoms with Crippen LogP contribution in [-0.4, -0.2) is 15.3 Å². The van der Waals surface area contributed by atoms with Crippen LogP contribution in [0.25, 0.3) is 0 Å². The van der Waals surface area contributed by atoms with Gasteiger partial charge in [-0.15, -0.1) is 0 Å². The highest BCUT2D eigenvalue weighted by Gasteiger charge is 2.06. The monoisotopic (exact) mass is 288 g/mol. The van der Waals surface area contributed by atoms with Crippen molar-refractivity contribution in [1.29, 1.82) is 0 Å². The number of carboxylic acid groups (broad SMARTS) is 1. The number of aliphatic carboxylic acids is 1. The van der Waals surface area contributed by atoms with Crippen LogP contribution in [0.4, 0.5) is 0 Å². The molecule has 4 heteroatoms. The van der Waals surface area contributed by atoms with Crippen LogP contribution < -0.4 is 0 Å². The second kappa shape index (κ2) is 6.48. The molecule has 0 fully saturated rings. The van der Waals surface area contributed by atoms with Crippen molar-refractivity contribution >= 4 is 16.8 Å². The minimum absolute atomic E-state index is 0.00905. The predicted octanol–water partition coefficient (Wildman–Crippen LogP) is 2.93. The lowest BCUT2D eigenvalue weighted by Gasteiger charge is -2.04. The van der Waals surface area contributed by atoms with Crippen molar-refractivity contribution in [3.63, 3.8) is 0 Å². The van der Waals surface area contributed by atoms with Crippen LogP contribution in [-0.2, 0) is 27.8 Å². The Labute approximate surface area is 120 Å². The van der Waals surface area contributed by atoms with Gasteiger partial charge in [0.05, 0.1) is 23.0 Å². The maximum atomic E-state index is 12.2. The summed E-state index contributed by atoms with van der Waals surface area (Å²) in [7, 11) is -1.11. The molecule has 1 unspecified atom stereocenters. The van der Waals surface area contributed by atoms with Gasteiger partial charge in [-0.1, -0.05) is 42.0 Å². The fourth-order valence-electron chi connectivity index (χ4n) is 1.85. The molecule has 3 nitrogen and oxygen atoms in total. The minimum atomic E-state index is -1.11. The number of carboxylic acids is 1. The fraction of sp³-hybridized carbons (Fsp3) is 0.188. The van der Waals surface area contributed by atoms with Crippen molar-refractivity contribution in [1.82, 2.24) is 0 Å². The third kappa shape index (κ3) is 4.03. The highest BCUT2D eigenvalue weighted by Crippen LogP contribution is 2.14. The van der Waals surface area contributed by atoms with Crippen molar-refractivity contribution in [2.45, 2.75) is 24.0 Å². The SMILES string of the molecule is Cc1ccc(CS(=O)c2ccc(CC(=O)O)cc2)cc1. The van der Waals surface area contributed by atoms with E-state index >= 15 is 0 Å².